The normalized spacial score (nSPS) is 17.6. The Bertz CT molecular complexity index is 1130. The lowest BCUT2D eigenvalue weighted by Gasteiger charge is -2.23. The average molecular weight is 423 g/mol. The maximum atomic E-state index is 13.3. The third kappa shape index (κ3) is 3.30. The van der Waals surface area contributed by atoms with E-state index < -0.39 is 17.4 Å². The Kier molecular flexibility index (Phi) is 5.20. The molecule has 0 saturated carbocycles. The van der Waals surface area contributed by atoms with Crippen LogP contribution in [0.4, 0.5) is 11.4 Å². The topological polar surface area (TPSA) is 78.9 Å². The zero-order valence-corrected chi connectivity index (χ0v) is 16.9. The number of anilines is 2. The van der Waals surface area contributed by atoms with E-state index in [4.69, 9.17) is 16.3 Å². The van der Waals surface area contributed by atoms with Gasteiger partial charge in [-0.05, 0) is 35.9 Å². The SMILES string of the molecule is COc1ccccc1NC(=O)CN1C(=O)[C@](O)(c2cccc(Cl)c2)c2ccccc21. The Labute approximate surface area is 178 Å². The minimum absolute atomic E-state index is 0.267. The fraction of sp³-hybridized carbons (Fsp3) is 0.130. The van der Waals surface area contributed by atoms with E-state index in [9.17, 15) is 14.7 Å². The molecule has 1 aliphatic rings. The number of carbonyl (C=O) groups is 2. The second-order valence-electron chi connectivity index (χ2n) is 6.88. The number of nitrogens with one attached hydrogen (secondary N) is 1. The molecular formula is C23H19ClN2O4. The summed E-state index contributed by atoms with van der Waals surface area (Å²) in [6.45, 7) is -0.267. The molecule has 2 amide bonds. The molecule has 1 heterocycles. The van der Waals surface area contributed by atoms with Gasteiger partial charge in [-0.25, -0.2) is 0 Å². The summed E-state index contributed by atoms with van der Waals surface area (Å²) >= 11 is 6.09. The predicted octanol–water partition coefficient (Wildman–Crippen LogP) is 3.57. The number of hydrogen-bond donors (Lipinski definition) is 2. The van der Waals surface area contributed by atoms with Crippen LogP contribution in [0.3, 0.4) is 0 Å². The molecule has 0 spiro atoms. The van der Waals surface area contributed by atoms with Crippen molar-refractivity contribution in [3.63, 3.8) is 0 Å². The first-order valence-corrected chi connectivity index (χ1v) is 9.65. The summed E-state index contributed by atoms with van der Waals surface area (Å²) in [4.78, 5) is 27.3. The number of carbonyl (C=O) groups excluding carboxylic acids is 2. The molecule has 3 aromatic carbocycles. The Balaban J connectivity index is 1.66. The zero-order chi connectivity index (χ0) is 21.3. The van der Waals surface area contributed by atoms with Crippen LogP contribution in [0.2, 0.25) is 5.02 Å². The van der Waals surface area contributed by atoms with E-state index in [2.05, 4.69) is 5.32 Å². The molecule has 0 bridgehead atoms. The number of halogens is 1. The minimum Gasteiger partial charge on any atom is -0.495 e. The molecule has 0 fully saturated rings. The van der Waals surface area contributed by atoms with Gasteiger partial charge in [-0.15, -0.1) is 0 Å². The van der Waals surface area contributed by atoms with E-state index in [1.807, 2.05) is 0 Å². The van der Waals surface area contributed by atoms with E-state index in [1.54, 1.807) is 72.8 Å². The van der Waals surface area contributed by atoms with Crippen molar-refractivity contribution >= 4 is 34.8 Å². The number of methoxy groups -OCH3 is 1. The average Bonchev–Trinajstić information content (AvgIpc) is 2.97. The largest absolute Gasteiger partial charge is 0.495 e. The van der Waals surface area contributed by atoms with Gasteiger partial charge in [0.1, 0.15) is 12.3 Å². The summed E-state index contributed by atoms with van der Waals surface area (Å²) in [7, 11) is 1.51. The number of aliphatic hydroxyl groups is 1. The van der Waals surface area contributed by atoms with Crippen molar-refractivity contribution < 1.29 is 19.4 Å². The highest BCUT2D eigenvalue weighted by molar-refractivity contribution is 6.30. The van der Waals surface area contributed by atoms with Gasteiger partial charge < -0.3 is 15.2 Å². The van der Waals surface area contributed by atoms with Gasteiger partial charge in [0.15, 0.2) is 5.60 Å². The van der Waals surface area contributed by atoms with Crippen molar-refractivity contribution in [3.8, 4) is 5.75 Å². The molecule has 4 rings (SSSR count). The number of rotatable bonds is 5. The van der Waals surface area contributed by atoms with E-state index in [0.29, 0.717) is 33.3 Å². The van der Waals surface area contributed by atoms with E-state index in [0.717, 1.165) is 0 Å². The first kappa shape index (κ1) is 19.9. The molecule has 0 radical (unpaired) electrons. The van der Waals surface area contributed by atoms with Gasteiger partial charge in [-0.1, -0.05) is 54.1 Å². The predicted molar refractivity (Wildman–Crippen MR) is 115 cm³/mol. The molecule has 0 saturated heterocycles. The highest BCUT2D eigenvalue weighted by Gasteiger charge is 2.51. The number of ether oxygens (including phenoxy) is 1. The monoisotopic (exact) mass is 422 g/mol. The molecule has 6 nitrogen and oxygen atoms in total. The summed E-state index contributed by atoms with van der Waals surface area (Å²) < 4.78 is 5.25. The fourth-order valence-electron chi connectivity index (χ4n) is 3.67. The maximum absolute atomic E-state index is 13.3. The lowest BCUT2D eigenvalue weighted by Crippen LogP contribution is -2.44. The third-order valence-corrected chi connectivity index (χ3v) is 5.30. The number of fused-ring (bicyclic) bond motifs is 1. The van der Waals surface area contributed by atoms with Crippen molar-refractivity contribution in [1.29, 1.82) is 0 Å². The Morgan fingerprint density at radius 2 is 1.83 bits per heavy atom. The number of benzene rings is 3. The number of nitrogens with zero attached hydrogens (tertiary/aromatic N) is 1. The van der Waals surface area contributed by atoms with Gasteiger partial charge in [-0.3, -0.25) is 14.5 Å². The van der Waals surface area contributed by atoms with Crippen LogP contribution in [0.15, 0.2) is 72.8 Å². The maximum Gasteiger partial charge on any atom is 0.268 e. The van der Waals surface area contributed by atoms with Crippen LogP contribution in [0.25, 0.3) is 0 Å². The Morgan fingerprint density at radius 1 is 1.10 bits per heavy atom. The smallest absolute Gasteiger partial charge is 0.268 e. The molecule has 1 atom stereocenters. The molecule has 1 aliphatic heterocycles. The van der Waals surface area contributed by atoms with Gasteiger partial charge >= 0.3 is 0 Å². The van der Waals surface area contributed by atoms with Gasteiger partial charge in [0.2, 0.25) is 5.91 Å². The first-order valence-electron chi connectivity index (χ1n) is 9.28. The standard InChI is InChI=1S/C23H19ClN2O4/c1-30-20-12-5-3-10-18(20)25-21(27)14-26-19-11-4-2-9-17(19)23(29,22(26)28)15-7-6-8-16(24)13-15/h2-13,29H,14H2,1H3,(H,25,27)/t23-/m0/s1. The summed E-state index contributed by atoms with van der Waals surface area (Å²) in [5.74, 6) is -0.520. The van der Waals surface area contributed by atoms with E-state index in [1.165, 1.54) is 12.0 Å². The van der Waals surface area contributed by atoms with Crippen LogP contribution in [-0.4, -0.2) is 30.6 Å². The van der Waals surface area contributed by atoms with Gasteiger partial charge in [0.05, 0.1) is 18.5 Å². The first-order chi connectivity index (χ1) is 14.4. The van der Waals surface area contributed by atoms with Crippen LogP contribution >= 0.6 is 11.6 Å². The van der Waals surface area contributed by atoms with Crippen molar-refractivity contribution in [3.05, 3.63) is 88.9 Å². The molecule has 30 heavy (non-hydrogen) atoms. The second kappa shape index (κ2) is 7.82. The Hall–Kier alpha value is -3.35. The van der Waals surface area contributed by atoms with E-state index >= 15 is 0 Å². The molecule has 0 unspecified atom stereocenters. The molecule has 0 aliphatic carbocycles. The lowest BCUT2D eigenvalue weighted by atomic mass is 9.87. The molecule has 0 aromatic heterocycles. The van der Waals surface area contributed by atoms with Gasteiger partial charge in [0.25, 0.3) is 5.91 Å². The molecule has 3 aromatic rings. The quantitative estimate of drug-likeness (QED) is 0.658. The highest BCUT2D eigenvalue weighted by Crippen LogP contribution is 2.44. The zero-order valence-electron chi connectivity index (χ0n) is 16.1. The Morgan fingerprint density at radius 3 is 2.60 bits per heavy atom. The van der Waals surface area contributed by atoms with Gasteiger partial charge in [-0.2, -0.15) is 0 Å². The van der Waals surface area contributed by atoms with Crippen LogP contribution < -0.4 is 15.0 Å². The second-order valence-corrected chi connectivity index (χ2v) is 7.31. The van der Waals surface area contributed by atoms with Crippen LogP contribution in [-0.2, 0) is 15.2 Å². The lowest BCUT2D eigenvalue weighted by molar-refractivity contribution is -0.133. The van der Waals surface area contributed by atoms with Crippen molar-refractivity contribution in [2.24, 2.45) is 0 Å². The van der Waals surface area contributed by atoms with Gasteiger partial charge in [0, 0.05) is 10.6 Å². The molecular weight excluding hydrogens is 404 g/mol. The minimum atomic E-state index is -1.92. The summed E-state index contributed by atoms with van der Waals surface area (Å²) in [6.07, 6.45) is 0. The summed E-state index contributed by atoms with van der Waals surface area (Å²) in [6, 6.07) is 20.4. The molecule has 152 valence electrons. The van der Waals surface area contributed by atoms with Crippen LogP contribution in [0.5, 0.6) is 5.75 Å². The summed E-state index contributed by atoms with van der Waals surface area (Å²) in [5, 5.41) is 14.6. The third-order valence-electron chi connectivity index (χ3n) is 5.06. The summed E-state index contributed by atoms with van der Waals surface area (Å²) in [5.41, 5.74) is -0.204. The van der Waals surface area contributed by atoms with Crippen LogP contribution in [0.1, 0.15) is 11.1 Å². The fourth-order valence-corrected chi connectivity index (χ4v) is 3.86. The molecule has 2 N–H and O–H groups in total. The van der Waals surface area contributed by atoms with Crippen LogP contribution in [0, 0.1) is 0 Å². The molecule has 7 heteroatoms. The number of para-hydroxylation sites is 3. The number of hydrogen-bond acceptors (Lipinski definition) is 4. The number of amides is 2. The van der Waals surface area contributed by atoms with Crippen molar-refractivity contribution in [2.45, 2.75) is 5.60 Å². The van der Waals surface area contributed by atoms with Crippen molar-refractivity contribution in [2.75, 3.05) is 23.9 Å². The van der Waals surface area contributed by atoms with Crippen molar-refractivity contribution in [1.82, 2.24) is 0 Å². The van der Waals surface area contributed by atoms with E-state index in [-0.39, 0.29) is 6.54 Å². The highest BCUT2D eigenvalue weighted by atomic mass is 35.5.